The quantitative estimate of drug-likeness (QED) is 0.782. The molecule has 0 aromatic carbocycles. The van der Waals surface area contributed by atoms with E-state index >= 15 is 0 Å². The van der Waals surface area contributed by atoms with Crippen molar-refractivity contribution in [3.63, 3.8) is 0 Å². The molecule has 1 heterocycles. The number of alkyl halides is 6. The van der Waals surface area contributed by atoms with E-state index in [0.29, 0.717) is 6.07 Å². The van der Waals surface area contributed by atoms with Gasteiger partial charge in [0.15, 0.2) is 0 Å². The van der Waals surface area contributed by atoms with Crippen LogP contribution in [0.2, 0.25) is 0 Å². The van der Waals surface area contributed by atoms with Crippen molar-refractivity contribution in [2.45, 2.75) is 18.3 Å². The maximum absolute atomic E-state index is 13.7. The van der Waals surface area contributed by atoms with Gasteiger partial charge in [-0.15, -0.1) is 0 Å². The second-order valence-electron chi connectivity index (χ2n) is 4.70. The Kier molecular flexibility index (Phi) is 4.59. The van der Waals surface area contributed by atoms with Gasteiger partial charge in [-0.25, -0.2) is 13.8 Å². The van der Waals surface area contributed by atoms with E-state index in [2.05, 4.69) is 9.97 Å². The molecule has 0 N–H and O–H groups in total. The van der Waals surface area contributed by atoms with E-state index in [-0.39, 0.29) is 11.8 Å². The Hall–Kier alpha value is -1.74. The maximum Gasteiger partial charge on any atom is 0.375 e. The Balaban J connectivity index is 3.47. The molecule has 0 spiro atoms. The van der Waals surface area contributed by atoms with Crippen LogP contribution in [-0.2, 0) is 5.92 Å². The fraction of sp³-hybridized carbons (Fsp3) is 0.636. The molecule has 0 atom stereocenters. The van der Waals surface area contributed by atoms with Crippen LogP contribution >= 0.6 is 0 Å². The fourth-order valence-electron chi connectivity index (χ4n) is 1.32. The van der Waals surface area contributed by atoms with Crippen molar-refractivity contribution in [2.24, 2.45) is 0 Å². The molecule has 1 aromatic heterocycles. The minimum atomic E-state index is -5.53. The van der Waals surface area contributed by atoms with Gasteiger partial charge in [-0.2, -0.15) is 22.5 Å². The summed E-state index contributed by atoms with van der Waals surface area (Å²) in [6, 6.07) is 0.559. The number of rotatable bonds is 5. The zero-order valence-electron chi connectivity index (χ0n) is 11.7. The Labute approximate surface area is 117 Å². The highest BCUT2D eigenvalue weighted by atomic mass is 19.3. The normalized spacial score (nSPS) is 12.7. The molecule has 0 aliphatic carbocycles. The zero-order valence-corrected chi connectivity index (χ0v) is 11.7. The highest BCUT2D eigenvalue weighted by molar-refractivity contribution is 5.45. The van der Waals surface area contributed by atoms with E-state index in [1.165, 1.54) is 38.0 Å². The molecule has 0 fully saturated rings. The number of hydrogen-bond donors (Lipinski definition) is 0. The Morgan fingerprint density at radius 3 is 1.86 bits per heavy atom. The van der Waals surface area contributed by atoms with E-state index in [1.807, 2.05) is 0 Å². The molecule has 0 aliphatic heterocycles. The first-order valence-electron chi connectivity index (χ1n) is 5.69. The molecule has 0 saturated carbocycles. The second kappa shape index (κ2) is 5.57. The van der Waals surface area contributed by atoms with Gasteiger partial charge < -0.3 is 9.80 Å². The molecule has 120 valence electrons. The van der Waals surface area contributed by atoms with E-state index in [4.69, 9.17) is 0 Å². The summed E-state index contributed by atoms with van der Waals surface area (Å²) in [5.74, 6) is -11.1. The Bertz CT molecular complexity index is 477. The van der Waals surface area contributed by atoms with Crippen molar-refractivity contribution >= 4 is 11.8 Å². The predicted octanol–water partition coefficient (Wildman–Crippen LogP) is 2.60. The van der Waals surface area contributed by atoms with Gasteiger partial charge in [0.1, 0.15) is 11.5 Å². The van der Waals surface area contributed by atoms with Crippen LogP contribution in [0.5, 0.6) is 0 Å². The molecule has 4 nitrogen and oxygen atoms in total. The molecular formula is C11H14F6N4. The number of halogens is 6. The minimum absolute atomic E-state index is 0.103. The van der Waals surface area contributed by atoms with Crippen LogP contribution in [0.3, 0.4) is 0 Å². The summed E-state index contributed by atoms with van der Waals surface area (Å²) < 4.78 is 78.0. The number of hydrogen-bond acceptors (Lipinski definition) is 4. The number of nitrogens with zero attached hydrogens (tertiary/aromatic N) is 4. The third kappa shape index (κ3) is 3.13. The van der Waals surface area contributed by atoms with Gasteiger partial charge in [0.2, 0.25) is 5.95 Å². The van der Waals surface area contributed by atoms with Crippen molar-refractivity contribution in [1.82, 2.24) is 9.97 Å². The van der Waals surface area contributed by atoms with Crippen molar-refractivity contribution in [3.8, 4) is 0 Å². The zero-order chi connectivity index (χ0) is 16.6. The minimum Gasteiger partial charge on any atom is -0.363 e. The average Bonchev–Trinajstić information content (AvgIpc) is 2.37. The van der Waals surface area contributed by atoms with Gasteiger partial charge in [0.25, 0.3) is 0 Å². The lowest BCUT2D eigenvalue weighted by Gasteiger charge is -2.26. The summed E-state index contributed by atoms with van der Waals surface area (Å²) >= 11 is 0. The van der Waals surface area contributed by atoms with Gasteiger partial charge in [0, 0.05) is 34.3 Å². The van der Waals surface area contributed by atoms with Gasteiger partial charge in [0.05, 0.1) is 0 Å². The molecule has 1 rings (SSSR count). The van der Waals surface area contributed by atoms with Crippen molar-refractivity contribution in [1.29, 1.82) is 0 Å². The molecule has 0 unspecified atom stereocenters. The lowest BCUT2D eigenvalue weighted by atomic mass is 10.1. The van der Waals surface area contributed by atoms with E-state index < -0.39 is 24.0 Å². The first kappa shape index (κ1) is 17.3. The van der Waals surface area contributed by atoms with Crippen molar-refractivity contribution in [3.05, 3.63) is 11.8 Å². The van der Waals surface area contributed by atoms with Crippen LogP contribution in [0.1, 0.15) is 5.69 Å². The molecule has 1 aromatic rings. The highest BCUT2D eigenvalue weighted by Gasteiger charge is 2.65. The largest absolute Gasteiger partial charge is 0.375 e. The molecule has 21 heavy (non-hydrogen) atoms. The molecule has 0 amide bonds. The summed E-state index contributed by atoms with van der Waals surface area (Å²) in [7, 11) is 5.69. The predicted molar refractivity (Wildman–Crippen MR) is 65.5 cm³/mol. The summed E-state index contributed by atoms with van der Waals surface area (Å²) in [6.45, 7) is 0. The molecule has 0 aliphatic rings. The monoisotopic (exact) mass is 316 g/mol. The van der Waals surface area contributed by atoms with Crippen LogP contribution in [0.25, 0.3) is 0 Å². The van der Waals surface area contributed by atoms with Crippen LogP contribution in [0, 0.1) is 0 Å². The molecule has 10 heteroatoms. The summed E-state index contributed by atoms with van der Waals surface area (Å²) in [5, 5.41) is 0. The maximum atomic E-state index is 13.7. The topological polar surface area (TPSA) is 32.3 Å². The van der Waals surface area contributed by atoms with E-state index in [0.717, 1.165) is 0 Å². The van der Waals surface area contributed by atoms with Crippen LogP contribution < -0.4 is 9.80 Å². The highest BCUT2D eigenvalue weighted by Crippen LogP contribution is 2.46. The van der Waals surface area contributed by atoms with Gasteiger partial charge >= 0.3 is 18.3 Å². The fourth-order valence-corrected chi connectivity index (χ4v) is 1.32. The van der Waals surface area contributed by atoms with Crippen LogP contribution in [0.15, 0.2) is 6.07 Å². The summed E-state index contributed by atoms with van der Waals surface area (Å²) in [4.78, 5) is 9.58. The Morgan fingerprint density at radius 2 is 1.48 bits per heavy atom. The smallest absolute Gasteiger partial charge is 0.363 e. The van der Waals surface area contributed by atoms with Gasteiger partial charge in [-0.05, 0) is 0 Å². The molecular weight excluding hydrogens is 302 g/mol. The molecule has 0 bridgehead atoms. The third-order valence-corrected chi connectivity index (χ3v) is 2.57. The summed E-state index contributed by atoms with van der Waals surface area (Å²) in [6.07, 6.45) is -4.52. The lowest BCUT2D eigenvalue weighted by Crippen LogP contribution is -2.45. The molecule has 0 saturated heterocycles. The lowest BCUT2D eigenvalue weighted by molar-refractivity contribution is -0.271. The number of anilines is 2. The second-order valence-corrected chi connectivity index (χ2v) is 4.70. The van der Waals surface area contributed by atoms with Crippen molar-refractivity contribution in [2.75, 3.05) is 38.0 Å². The standard InChI is InChI=1S/C11H14F6N4/c1-20(2)7-5-6(18-9(19-7)21(3)4)10(14,15)11(16,17)8(12)13/h5,8H,1-4H3. The first-order valence-corrected chi connectivity index (χ1v) is 5.69. The van der Waals surface area contributed by atoms with Crippen molar-refractivity contribution < 1.29 is 26.3 Å². The number of aromatic nitrogens is 2. The van der Waals surface area contributed by atoms with E-state index in [9.17, 15) is 26.3 Å². The molecule has 0 radical (unpaired) electrons. The van der Waals surface area contributed by atoms with Crippen LogP contribution in [0.4, 0.5) is 38.1 Å². The van der Waals surface area contributed by atoms with E-state index in [1.54, 1.807) is 0 Å². The average molecular weight is 316 g/mol. The summed E-state index contributed by atoms with van der Waals surface area (Å²) in [5.41, 5.74) is -1.46. The van der Waals surface area contributed by atoms with Crippen LogP contribution in [-0.4, -0.2) is 50.5 Å². The third-order valence-electron chi connectivity index (χ3n) is 2.57. The first-order chi connectivity index (χ1) is 9.41. The Morgan fingerprint density at radius 1 is 0.952 bits per heavy atom. The van der Waals surface area contributed by atoms with Gasteiger partial charge in [-0.1, -0.05) is 0 Å². The van der Waals surface area contributed by atoms with Gasteiger partial charge in [-0.3, -0.25) is 0 Å². The SMILES string of the molecule is CN(C)c1cc(C(F)(F)C(F)(F)C(F)F)nc(N(C)C)n1.